The molecular formula is C21H18F4N6O4. The van der Waals surface area contributed by atoms with Gasteiger partial charge in [0.1, 0.15) is 12.1 Å². The zero-order valence-corrected chi connectivity index (χ0v) is 18.0. The summed E-state index contributed by atoms with van der Waals surface area (Å²) in [6, 6.07) is 5.59. The maximum absolute atomic E-state index is 13.5. The molecule has 1 aliphatic rings. The number of aromatic nitrogens is 2. The second kappa shape index (κ2) is 9.56. The van der Waals surface area contributed by atoms with Crippen molar-refractivity contribution in [3.63, 3.8) is 0 Å². The van der Waals surface area contributed by atoms with Crippen LogP contribution in [0.25, 0.3) is 0 Å². The maximum atomic E-state index is 13.5. The Kier molecular flexibility index (Phi) is 6.53. The number of piperazine rings is 1. The molecule has 14 heteroatoms. The Balaban J connectivity index is 1.50. The van der Waals surface area contributed by atoms with Crippen molar-refractivity contribution in [3.8, 4) is 0 Å². The zero-order chi connectivity index (χ0) is 25.2. The minimum absolute atomic E-state index is 0.00712. The zero-order valence-electron chi connectivity index (χ0n) is 18.0. The van der Waals surface area contributed by atoms with E-state index < -0.39 is 28.2 Å². The average molecular weight is 494 g/mol. The predicted molar refractivity (Wildman–Crippen MR) is 114 cm³/mol. The van der Waals surface area contributed by atoms with Crippen LogP contribution in [0.3, 0.4) is 0 Å². The van der Waals surface area contributed by atoms with E-state index in [0.717, 1.165) is 12.4 Å². The van der Waals surface area contributed by atoms with Gasteiger partial charge >= 0.3 is 11.9 Å². The fourth-order valence-electron chi connectivity index (χ4n) is 3.66. The number of nitrogens with one attached hydrogen (secondary N) is 1. The third-order valence-electron chi connectivity index (χ3n) is 5.38. The fraction of sp³-hybridized carbons (Fsp3) is 0.286. The number of carbonyl (C=O) groups excluding carboxylic acids is 1. The number of alkyl halides is 3. The van der Waals surface area contributed by atoms with Gasteiger partial charge in [0, 0.05) is 32.7 Å². The van der Waals surface area contributed by atoms with Crippen LogP contribution in [0, 0.1) is 15.9 Å². The summed E-state index contributed by atoms with van der Waals surface area (Å²) in [5.41, 5.74) is -1.84. The molecule has 1 fully saturated rings. The van der Waals surface area contributed by atoms with Gasteiger partial charge in [-0.1, -0.05) is 6.07 Å². The third kappa shape index (κ3) is 5.15. The number of nitro groups is 1. The first kappa shape index (κ1) is 23.9. The van der Waals surface area contributed by atoms with E-state index in [9.17, 15) is 32.5 Å². The van der Waals surface area contributed by atoms with Crippen LogP contribution in [0.15, 0.2) is 47.3 Å². The average Bonchev–Trinajstić information content (AvgIpc) is 3.37. The minimum Gasteiger partial charge on any atom is -0.459 e. The van der Waals surface area contributed by atoms with Crippen molar-refractivity contribution in [2.75, 3.05) is 36.4 Å². The monoisotopic (exact) mass is 494 g/mol. The highest BCUT2D eigenvalue weighted by molar-refractivity contribution is 5.91. The summed E-state index contributed by atoms with van der Waals surface area (Å²) < 4.78 is 57.6. The molecule has 1 aliphatic heterocycles. The Hall–Kier alpha value is -4.23. The predicted octanol–water partition coefficient (Wildman–Crippen LogP) is 3.71. The van der Waals surface area contributed by atoms with Crippen molar-refractivity contribution in [2.24, 2.45) is 0 Å². The first-order valence-corrected chi connectivity index (χ1v) is 10.3. The van der Waals surface area contributed by atoms with E-state index in [1.807, 2.05) is 0 Å². The summed E-state index contributed by atoms with van der Waals surface area (Å²) >= 11 is 0. The minimum atomic E-state index is -4.88. The molecule has 1 N–H and O–H groups in total. The Morgan fingerprint density at radius 1 is 1.17 bits per heavy atom. The Bertz CT molecular complexity index is 1230. The normalized spacial score (nSPS) is 14.2. The molecule has 35 heavy (non-hydrogen) atoms. The van der Waals surface area contributed by atoms with Gasteiger partial charge < -0.3 is 19.5 Å². The molecule has 4 rings (SSSR count). The number of hydrogen-bond acceptors (Lipinski definition) is 8. The molecular weight excluding hydrogens is 476 g/mol. The lowest BCUT2D eigenvalue weighted by Gasteiger charge is -2.34. The largest absolute Gasteiger partial charge is 0.459 e. The second-order valence-corrected chi connectivity index (χ2v) is 7.57. The van der Waals surface area contributed by atoms with Crippen molar-refractivity contribution in [1.29, 1.82) is 0 Å². The molecule has 10 nitrogen and oxygen atoms in total. The van der Waals surface area contributed by atoms with Gasteiger partial charge in [0.25, 0.3) is 5.91 Å². The summed E-state index contributed by atoms with van der Waals surface area (Å²) in [7, 11) is 0. The van der Waals surface area contributed by atoms with E-state index in [-0.39, 0.29) is 61.6 Å². The third-order valence-corrected chi connectivity index (χ3v) is 5.38. The smallest absolute Gasteiger partial charge is 0.419 e. The van der Waals surface area contributed by atoms with Gasteiger partial charge in [-0.05, 0) is 29.8 Å². The SMILES string of the molecule is O=C(c1ccco1)N1CCN(c2ncnc(NCc3ccc(F)c(C(F)(F)F)c3)c2[N+](=O)[O-])CC1. The van der Waals surface area contributed by atoms with E-state index in [2.05, 4.69) is 15.3 Å². The lowest BCUT2D eigenvalue weighted by molar-refractivity contribution is -0.383. The summed E-state index contributed by atoms with van der Waals surface area (Å²) in [5.74, 6) is -1.72. The number of carbonyl (C=O) groups is 1. The van der Waals surface area contributed by atoms with Crippen molar-refractivity contribution in [3.05, 3.63) is 75.7 Å². The topological polar surface area (TPSA) is 118 Å². The quantitative estimate of drug-likeness (QED) is 0.313. The molecule has 1 amide bonds. The van der Waals surface area contributed by atoms with E-state index in [1.54, 1.807) is 21.9 Å². The molecule has 0 radical (unpaired) electrons. The molecule has 3 aromatic rings. The first-order chi connectivity index (χ1) is 16.6. The Morgan fingerprint density at radius 2 is 1.91 bits per heavy atom. The van der Waals surface area contributed by atoms with Crippen LogP contribution in [0.5, 0.6) is 0 Å². The van der Waals surface area contributed by atoms with Gasteiger partial charge in [-0.2, -0.15) is 13.2 Å². The van der Waals surface area contributed by atoms with Crippen molar-refractivity contribution >= 4 is 23.2 Å². The number of halogens is 4. The van der Waals surface area contributed by atoms with Crippen LogP contribution in [0.4, 0.5) is 34.9 Å². The molecule has 3 heterocycles. The highest BCUT2D eigenvalue weighted by atomic mass is 19.4. The lowest BCUT2D eigenvalue weighted by Crippen LogP contribution is -2.49. The molecule has 0 saturated carbocycles. The van der Waals surface area contributed by atoms with E-state index in [1.165, 1.54) is 6.26 Å². The van der Waals surface area contributed by atoms with Gasteiger partial charge in [-0.15, -0.1) is 0 Å². The van der Waals surface area contributed by atoms with Crippen LogP contribution in [-0.2, 0) is 12.7 Å². The summed E-state index contributed by atoms with van der Waals surface area (Å²) in [4.78, 5) is 34.7. The number of anilines is 2. The number of rotatable bonds is 6. The molecule has 0 spiro atoms. The first-order valence-electron chi connectivity index (χ1n) is 10.3. The second-order valence-electron chi connectivity index (χ2n) is 7.57. The van der Waals surface area contributed by atoms with Crippen molar-refractivity contribution < 1.29 is 31.7 Å². The standard InChI is InChI=1S/C21H18F4N6O4/c22-15-4-3-13(10-14(15)21(23,24)25)11-26-18-17(31(33)34)19(28-12-27-18)29-5-7-30(8-6-29)20(32)16-2-1-9-35-16/h1-4,9-10,12H,5-8,11H2,(H,26,27,28). The molecule has 0 bridgehead atoms. The number of benzene rings is 1. The molecule has 184 valence electrons. The number of furan rings is 1. The summed E-state index contributed by atoms with van der Waals surface area (Å²) in [6.07, 6.45) is -2.40. The highest BCUT2D eigenvalue weighted by Gasteiger charge is 2.34. The highest BCUT2D eigenvalue weighted by Crippen LogP contribution is 2.34. The van der Waals surface area contributed by atoms with Crippen LogP contribution < -0.4 is 10.2 Å². The van der Waals surface area contributed by atoms with Crippen LogP contribution in [0.2, 0.25) is 0 Å². The van der Waals surface area contributed by atoms with Gasteiger partial charge in [-0.25, -0.2) is 14.4 Å². The molecule has 0 atom stereocenters. The lowest BCUT2D eigenvalue weighted by atomic mass is 10.1. The number of hydrogen-bond donors (Lipinski definition) is 1. The van der Waals surface area contributed by atoms with Gasteiger partial charge in [0.2, 0.25) is 11.6 Å². The van der Waals surface area contributed by atoms with E-state index >= 15 is 0 Å². The van der Waals surface area contributed by atoms with Crippen molar-refractivity contribution in [1.82, 2.24) is 14.9 Å². The van der Waals surface area contributed by atoms with E-state index in [4.69, 9.17) is 4.42 Å². The number of amides is 1. The Labute approximate surface area is 195 Å². The maximum Gasteiger partial charge on any atom is 0.419 e. The molecule has 1 saturated heterocycles. The number of nitrogens with zero attached hydrogens (tertiary/aromatic N) is 5. The van der Waals surface area contributed by atoms with Crippen LogP contribution >= 0.6 is 0 Å². The summed E-state index contributed by atoms with van der Waals surface area (Å²) in [5, 5.41) is 14.5. The molecule has 0 unspecified atom stereocenters. The van der Waals surface area contributed by atoms with Gasteiger partial charge in [0.05, 0.1) is 16.7 Å². The molecule has 0 aliphatic carbocycles. The molecule has 2 aromatic heterocycles. The van der Waals surface area contributed by atoms with Gasteiger partial charge in [0.15, 0.2) is 5.76 Å². The van der Waals surface area contributed by atoms with Crippen LogP contribution in [0.1, 0.15) is 21.7 Å². The van der Waals surface area contributed by atoms with Crippen molar-refractivity contribution in [2.45, 2.75) is 12.7 Å². The van der Waals surface area contributed by atoms with Crippen LogP contribution in [-0.4, -0.2) is 51.9 Å². The van der Waals surface area contributed by atoms with E-state index in [0.29, 0.717) is 12.1 Å². The molecule has 1 aromatic carbocycles. The summed E-state index contributed by atoms with van der Waals surface area (Å²) in [6.45, 7) is 0.748. The fourth-order valence-corrected chi connectivity index (χ4v) is 3.66. The Morgan fingerprint density at radius 3 is 2.54 bits per heavy atom. The van der Waals surface area contributed by atoms with Gasteiger partial charge in [-0.3, -0.25) is 14.9 Å².